The van der Waals surface area contributed by atoms with Crippen molar-refractivity contribution in [3.05, 3.63) is 65.2 Å². The monoisotopic (exact) mass is 369 g/mol. The Morgan fingerprint density at radius 1 is 1.04 bits per heavy atom. The van der Waals surface area contributed by atoms with E-state index in [1.165, 1.54) is 11.1 Å². The molecule has 0 heterocycles. The van der Waals surface area contributed by atoms with Gasteiger partial charge in [-0.3, -0.25) is 4.79 Å². The Kier molecular flexibility index (Phi) is 6.75. The fourth-order valence-corrected chi connectivity index (χ4v) is 3.05. The van der Waals surface area contributed by atoms with Gasteiger partial charge in [0.2, 0.25) is 0 Å². The third kappa shape index (κ3) is 5.05. The van der Waals surface area contributed by atoms with Gasteiger partial charge >= 0.3 is 0 Å². The van der Waals surface area contributed by atoms with Crippen LogP contribution in [0.4, 0.5) is 5.69 Å². The Morgan fingerprint density at radius 3 is 2.19 bits per heavy atom. The van der Waals surface area contributed by atoms with Gasteiger partial charge in [-0.1, -0.05) is 38.1 Å². The molecular formula is C21H27N3OS. The molecule has 2 aromatic rings. The molecule has 2 rings (SSSR count). The molecule has 0 fully saturated rings. The van der Waals surface area contributed by atoms with E-state index in [1.807, 2.05) is 18.2 Å². The molecule has 0 radical (unpaired) electrons. The lowest BCUT2D eigenvalue weighted by Gasteiger charge is -2.26. The molecule has 4 nitrogen and oxygen atoms in total. The van der Waals surface area contributed by atoms with Crippen molar-refractivity contribution in [2.75, 3.05) is 19.4 Å². The van der Waals surface area contributed by atoms with Crippen LogP contribution >= 0.6 is 12.2 Å². The van der Waals surface area contributed by atoms with Gasteiger partial charge in [-0.05, 0) is 60.5 Å². The second-order valence-electron chi connectivity index (χ2n) is 6.95. The zero-order valence-electron chi connectivity index (χ0n) is 16.0. The predicted octanol–water partition coefficient (Wildman–Crippen LogP) is 4.38. The van der Waals surface area contributed by atoms with Gasteiger partial charge in [-0.25, -0.2) is 0 Å². The summed E-state index contributed by atoms with van der Waals surface area (Å²) in [4.78, 5) is 13.5. The smallest absolute Gasteiger partial charge is 0.253 e. The summed E-state index contributed by atoms with van der Waals surface area (Å²) in [6.45, 7) is 6.46. The molecule has 0 unspecified atom stereocenters. The molecule has 26 heavy (non-hydrogen) atoms. The number of nitrogens with zero attached hydrogens (tertiary/aromatic N) is 1. The maximum Gasteiger partial charge on any atom is 0.253 e. The van der Waals surface area contributed by atoms with Gasteiger partial charge in [0.05, 0.1) is 6.04 Å². The van der Waals surface area contributed by atoms with Crippen molar-refractivity contribution < 1.29 is 4.79 Å². The highest BCUT2D eigenvalue weighted by Crippen LogP contribution is 2.24. The molecule has 5 heteroatoms. The molecule has 0 aliphatic rings. The summed E-state index contributed by atoms with van der Waals surface area (Å²) in [5, 5.41) is 7.20. The zero-order valence-corrected chi connectivity index (χ0v) is 16.9. The Hall–Kier alpha value is -2.40. The number of hydrogen-bond donors (Lipinski definition) is 2. The van der Waals surface area contributed by atoms with Crippen molar-refractivity contribution in [3.8, 4) is 0 Å². The number of aryl methyl sites for hydroxylation is 1. The summed E-state index contributed by atoms with van der Waals surface area (Å²) in [7, 11) is 3.48. The quantitative estimate of drug-likeness (QED) is 0.768. The summed E-state index contributed by atoms with van der Waals surface area (Å²) in [6, 6.07) is 15.8. The van der Waals surface area contributed by atoms with Crippen LogP contribution < -0.4 is 10.6 Å². The predicted molar refractivity (Wildman–Crippen MR) is 113 cm³/mol. The topological polar surface area (TPSA) is 44.4 Å². The fraction of sp³-hybridized carbons (Fsp3) is 0.333. The van der Waals surface area contributed by atoms with Crippen molar-refractivity contribution >= 4 is 28.9 Å². The third-order valence-electron chi connectivity index (χ3n) is 4.27. The zero-order chi connectivity index (χ0) is 19.3. The van der Waals surface area contributed by atoms with Crippen LogP contribution in [0.15, 0.2) is 48.5 Å². The van der Waals surface area contributed by atoms with E-state index in [2.05, 4.69) is 49.6 Å². The standard InChI is InChI=1S/C21H27N3OS/c1-14(2)19(18-9-7-6-8-15(18)3)23-21(26)22-17-12-10-16(11-13-17)20(25)24(4)5/h6-14,19H,1-5H3,(H2,22,23,26)/t19-/m0/s1. The maximum absolute atomic E-state index is 12.0. The van der Waals surface area contributed by atoms with Crippen LogP contribution in [0.2, 0.25) is 0 Å². The van der Waals surface area contributed by atoms with Crippen molar-refractivity contribution in [3.63, 3.8) is 0 Å². The van der Waals surface area contributed by atoms with E-state index in [9.17, 15) is 4.79 Å². The fourth-order valence-electron chi connectivity index (χ4n) is 2.80. The summed E-state index contributed by atoms with van der Waals surface area (Å²) < 4.78 is 0. The van der Waals surface area contributed by atoms with E-state index in [0.717, 1.165) is 5.69 Å². The molecule has 0 aliphatic heterocycles. The Morgan fingerprint density at radius 2 is 1.65 bits per heavy atom. The average Bonchev–Trinajstić information content (AvgIpc) is 2.60. The lowest BCUT2D eigenvalue weighted by molar-refractivity contribution is 0.0827. The number of carbonyl (C=O) groups excluding carboxylic acids is 1. The van der Waals surface area contributed by atoms with Gasteiger partial charge < -0.3 is 15.5 Å². The first kappa shape index (κ1) is 19.9. The van der Waals surface area contributed by atoms with E-state index in [-0.39, 0.29) is 11.9 Å². The molecule has 1 amide bonds. The van der Waals surface area contributed by atoms with Crippen molar-refractivity contribution in [2.24, 2.45) is 5.92 Å². The van der Waals surface area contributed by atoms with Crippen LogP contribution in [0.3, 0.4) is 0 Å². The summed E-state index contributed by atoms with van der Waals surface area (Å²) in [6.07, 6.45) is 0. The molecule has 0 bridgehead atoms. The van der Waals surface area contributed by atoms with Gasteiger partial charge in [-0.2, -0.15) is 0 Å². The normalized spacial score (nSPS) is 11.8. The lowest BCUT2D eigenvalue weighted by atomic mass is 9.93. The molecule has 1 atom stereocenters. The van der Waals surface area contributed by atoms with Crippen LogP contribution in [-0.2, 0) is 0 Å². The highest BCUT2D eigenvalue weighted by atomic mass is 32.1. The van der Waals surface area contributed by atoms with Gasteiger partial charge in [0.1, 0.15) is 0 Å². The minimum Gasteiger partial charge on any atom is -0.355 e. The molecule has 0 saturated heterocycles. The average molecular weight is 370 g/mol. The molecular weight excluding hydrogens is 342 g/mol. The van der Waals surface area contributed by atoms with Gasteiger partial charge in [0, 0.05) is 25.3 Å². The van der Waals surface area contributed by atoms with Gasteiger partial charge in [-0.15, -0.1) is 0 Å². The first-order valence-electron chi connectivity index (χ1n) is 8.74. The van der Waals surface area contributed by atoms with Crippen molar-refractivity contribution in [1.82, 2.24) is 10.2 Å². The Labute approximate surface area is 161 Å². The maximum atomic E-state index is 12.0. The van der Waals surface area contributed by atoms with Crippen molar-refractivity contribution in [2.45, 2.75) is 26.8 Å². The minimum absolute atomic E-state index is 0.0170. The van der Waals surface area contributed by atoms with Crippen LogP contribution in [0.25, 0.3) is 0 Å². The van der Waals surface area contributed by atoms with Crippen LogP contribution in [0.1, 0.15) is 41.4 Å². The minimum atomic E-state index is -0.0170. The van der Waals surface area contributed by atoms with E-state index >= 15 is 0 Å². The van der Waals surface area contributed by atoms with Crippen LogP contribution in [0.5, 0.6) is 0 Å². The van der Waals surface area contributed by atoms with E-state index in [0.29, 0.717) is 16.6 Å². The van der Waals surface area contributed by atoms with Gasteiger partial charge in [0.15, 0.2) is 5.11 Å². The molecule has 0 saturated carbocycles. The molecule has 2 N–H and O–H groups in total. The van der Waals surface area contributed by atoms with E-state index < -0.39 is 0 Å². The first-order chi connectivity index (χ1) is 12.3. The SMILES string of the molecule is Cc1ccccc1[C@@H](NC(=S)Nc1ccc(C(=O)N(C)C)cc1)C(C)C. The highest BCUT2D eigenvalue weighted by Gasteiger charge is 2.18. The number of amides is 1. The number of nitrogens with one attached hydrogen (secondary N) is 2. The van der Waals surface area contributed by atoms with Crippen LogP contribution in [-0.4, -0.2) is 30.0 Å². The molecule has 0 aliphatic carbocycles. The largest absolute Gasteiger partial charge is 0.355 e. The van der Waals surface area contributed by atoms with Crippen LogP contribution in [0, 0.1) is 12.8 Å². The first-order valence-corrected chi connectivity index (χ1v) is 9.15. The molecule has 138 valence electrons. The number of rotatable bonds is 5. The summed E-state index contributed by atoms with van der Waals surface area (Å²) >= 11 is 5.50. The van der Waals surface area contributed by atoms with E-state index in [4.69, 9.17) is 12.2 Å². The second-order valence-corrected chi connectivity index (χ2v) is 7.36. The molecule has 0 spiro atoms. The Bertz CT molecular complexity index is 769. The number of anilines is 1. The molecule has 0 aromatic heterocycles. The Balaban J connectivity index is 2.07. The summed E-state index contributed by atoms with van der Waals surface area (Å²) in [5.41, 5.74) is 4.00. The lowest BCUT2D eigenvalue weighted by Crippen LogP contribution is -2.35. The van der Waals surface area contributed by atoms with Gasteiger partial charge in [0.25, 0.3) is 5.91 Å². The highest BCUT2D eigenvalue weighted by molar-refractivity contribution is 7.80. The van der Waals surface area contributed by atoms with E-state index in [1.54, 1.807) is 31.1 Å². The summed E-state index contributed by atoms with van der Waals surface area (Å²) in [5.74, 6) is 0.368. The molecule has 2 aromatic carbocycles. The number of thiocarbonyl (C=S) groups is 1. The number of hydrogen-bond acceptors (Lipinski definition) is 2. The number of carbonyl (C=O) groups is 1. The number of benzene rings is 2. The second kappa shape index (κ2) is 8.81. The van der Waals surface area contributed by atoms with Crippen molar-refractivity contribution in [1.29, 1.82) is 0 Å². The third-order valence-corrected chi connectivity index (χ3v) is 4.49.